The van der Waals surface area contributed by atoms with E-state index in [1.165, 1.54) is 0 Å². The van der Waals surface area contributed by atoms with Crippen LogP contribution in [0.1, 0.15) is 23.5 Å². The summed E-state index contributed by atoms with van der Waals surface area (Å²) in [5, 5.41) is 11.3. The van der Waals surface area contributed by atoms with E-state index in [2.05, 4.69) is 5.32 Å². The molecule has 154 valence electrons. The second-order valence-corrected chi connectivity index (χ2v) is 7.60. The van der Waals surface area contributed by atoms with E-state index in [-0.39, 0.29) is 30.7 Å². The van der Waals surface area contributed by atoms with Gasteiger partial charge in [-0.25, -0.2) is 9.59 Å². The van der Waals surface area contributed by atoms with Gasteiger partial charge in [0.05, 0.1) is 0 Å². The fourth-order valence-electron chi connectivity index (χ4n) is 3.33. The summed E-state index contributed by atoms with van der Waals surface area (Å²) in [7, 11) is 0. The molecule has 2 aromatic rings. The van der Waals surface area contributed by atoms with Crippen LogP contribution in [0.5, 0.6) is 0 Å². The van der Waals surface area contributed by atoms with E-state index in [9.17, 15) is 22.8 Å². The third-order valence-corrected chi connectivity index (χ3v) is 5.37. The van der Waals surface area contributed by atoms with Crippen molar-refractivity contribution in [3.63, 3.8) is 0 Å². The van der Waals surface area contributed by atoms with Gasteiger partial charge in [-0.3, -0.25) is 0 Å². The van der Waals surface area contributed by atoms with Crippen LogP contribution in [0.15, 0.2) is 48.5 Å². The molecule has 2 N–H and O–H groups in total. The summed E-state index contributed by atoms with van der Waals surface area (Å²) in [6, 6.07) is 14.0. The lowest BCUT2D eigenvalue weighted by Gasteiger charge is -2.17. The van der Waals surface area contributed by atoms with E-state index in [0.29, 0.717) is 0 Å². The maximum Gasteiger partial charge on any atom is 0.441 e. The standard InChI is InChI=1S/C20H18F3NO4S/c21-20(22,23)29-10-9-17(18(25)26)24-19(27)28-11-16-14-7-3-1-5-12(14)13-6-2-4-8-15(13)16/h1-8,16-17H,9-11H2,(H,24,27)(H,25,26). The Labute approximate surface area is 169 Å². The lowest BCUT2D eigenvalue weighted by atomic mass is 9.98. The average Bonchev–Trinajstić information content (AvgIpc) is 2.98. The molecule has 3 rings (SSSR count). The average molecular weight is 425 g/mol. The summed E-state index contributed by atoms with van der Waals surface area (Å²) < 4.78 is 41.9. The molecule has 9 heteroatoms. The molecule has 1 unspecified atom stereocenters. The summed E-state index contributed by atoms with van der Waals surface area (Å²) in [5.74, 6) is -2.09. The molecule has 0 heterocycles. The van der Waals surface area contributed by atoms with Crippen LogP contribution in [-0.4, -0.2) is 41.1 Å². The number of hydrogen-bond donors (Lipinski definition) is 2. The molecule has 1 aliphatic carbocycles. The van der Waals surface area contributed by atoms with E-state index in [0.717, 1.165) is 22.3 Å². The second kappa shape index (κ2) is 8.77. The van der Waals surface area contributed by atoms with E-state index in [1.54, 1.807) is 0 Å². The molecule has 1 atom stereocenters. The minimum absolute atomic E-state index is 0.0104. The van der Waals surface area contributed by atoms with Crippen LogP contribution >= 0.6 is 11.8 Å². The molecular formula is C20H18F3NO4S. The van der Waals surface area contributed by atoms with Gasteiger partial charge in [0, 0.05) is 11.7 Å². The van der Waals surface area contributed by atoms with Crippen LogP contribution in [0.25, 0.3) is 11.1 Å². The SMILES string of the molecule is O=C(NC(CCSC(F)(F)F)C(=O)O)OCC1c2ccccc2-c2ccccc21. The first kappa shape index (κ1) is 21.0. The largest absolute Gasteiger partial charge is 0.480 e. The number of alkyl carbamates (subject to hydrolysis) is 1. The van der Waals surface area contributed by atoms with Crippen molar-refractivity contribution in [1.82, 2.24) is 5.32 Å². The molecule has 0 spiro atoms. The summed E-state index contributed by atoms with van der Waals surface area (Å²) in [6.45, 7) is -0.0104. The predicted molar refractivity (Wildman–Crippen MR) is 103 cm³/mol. The van der Waals surface area contributed by atoms with Gasteiger partial charge in [0.2, 0.25) is 0 Å². The molecule has 5 nitrogen and oxygen atoms in total. The zero-order valence-corrected chi connectivity index (χ0v) is 15.9. The van der Waals surface area contributed by atoms with Crippen molar-refractivity contribution < 1.29 is 32.6 Å². The Bertz CT molecular complexity index is 858. The Morgan fingerprint density at radius 1 is 1.07 bits per heavy atom. The topological polar surface area (TPSA) is 75.6 Å². The highest BCUT2D eigenvalue weighted by Crippen LogP contribution is 2.44. The zero-order chi connectivity index (χ0) is 21.0. The van der Waals surface area contributed by atoms with Crippen molar-refractivity contribution in [2.24, 2.45) is 0 Å². The number of thioether (sulfide) groups is 1. The molecule has 0 radical (unpaired) electrons. The number of carboxylic acid groups (broad SMARTS) is 1. The van der Waals surface area contributed by atoms with Crippen molar-refractivity contribution in [2.45, 2.75) is 23.9 Å². The van der Waals surface area contributed by atoms with Gasteiger partial charge in [-0.1, -0.05) is 60.3 Å². The van der Waals surface area contributed by atoms with Gasteiger partial charge in [-0.2, -0.15) is 13.2 Å². The number of fused-ring (bicyclic) bond motifs is 3. The third-order valence-electron chi connectivity index (χ3n) is 4.61. The van der Waals surface area contributed by atoms with Gasteiger partial charge >= 0.3 is 17.6 Å². The van der Waals surface area contributed by atoms with Crippen LogP contribution in [-0.2, 0) is 9.53 Å². The molecule has 29 heavy (non-hydrogen) atoms. The Morgan fingerprint density at radius 3 is 2.14 bits per heavy atom. The number of carbonyl (C=O) groups is 2. The second-order valence-electron chi connectivity index (χ2n) is 6.44. The third kappa shape index (κ3) is 5.23. The van der Waals surface area contributed by atoms with Crippen LogP contribution < -0.4 is 5.32 Å². The van der Waals surface area contributed by atoms with Crippen molar-refractivity contribution in [2.75, 3.05) is 12.4 Å². The molecule has 0 bridgehead atoms. The first-order valence-corrected chi connectivity index (χ1v) is 9.80. The predicted octanol–water partition coefficient (Wildman–Crippen LogP) is 4.62. The van der Waals surface area contributed by atoms with Crippen molar-refractivity contribution in [3.05, 3.63) is 59.7 Å². The van der Waals surface area contributed by atoms with Gasteiger partial charge < -0.3 is 15.2 Å². The number of nitrogens with one attached hydrogen (secondary N) is 1. The lowest BCUT2D eigenvalue weighted by Crippen LogP contribution is -2.42. The van der Waals surface area contributed by atoms with Crippen LogP contribution in [0.3, 0.4) is 0 Å². The number of halogens is 3. The highest BCUT2D eigenvalue weighted by atomic mass is 32.2. The number of carbonyl (C=O) groups excluding carboxylic acids is 1. The van der Waals surface area contributed by atoms with Crippen LogP contribution in [0, 0.1) is 0 Å². The normalized spacial score (nSPS) is 14.0. The molecule has 2 aromatic carbocycles. The van der Waals surface area contributed by atoms with Crippen molar-refractivity contribution in [3.8, 4) is 11.1 Å². The first-order valence-electron chi connectivity index (χ1n) is 8.81. The number of benzene rings is 2. The molecule has 0 aliphatic heterocycles. The Morgan fingerprint density at radius 2 is 1.62 bits per heavy atom. The summed E-state index contributed by atoms with van der Waals surface area (Å²) in [6.07, 6.45) is -1.35. The lowest BCUT2D eigenvalue weighted by molar-refractivity contribution is -0.139. The van der Waals surface area contributed by atoms with E-state index >= 15 is 0 Å². The number of hydrogen-bond acceptors (Lipinski definition) is 4. The Balaban J connectivity index is 1.61. The smallest absolute Gasteiger partial charge is 0.441 e. The Kier molecular flexibility index (Phi) is 6.36. The fourth-order valence-corrected chi connectivity index (χ4v) is 3.92. The number of aliphatic carboxylic acids is 1. The van der Waals surface area contributed by atoms with Gasteiger partial charge in [-0.05, 0) is 28.7 Å². The maximum absolute atomic E-state index is 12.2. The maximum atomic E-state index is 12.2. The molecule has 0 saturated heterocycles. The summed E-state index contributed by atoms with van der Waals surface area (Å²) >= 11 is -0.331. The number of amides is 1. The quantitative estimate of drug-likeness (QED) is 0.677. The molecule has 1 amide bonds. The van der Waals surface area contributed by atoms with E-state index < -0.39 is 29.4 Å². The number of carboxylic acids is 1. The van der Waals surface area contributed by atoms with Crippen LogP contribution in [0.2, 0.25) is 0 Å². The summed E-state index contributed by atoms with van der Waals surface area (Å²) in [5.41, 5.74) is -0.363. The van der Waals surface area contributed by atoms with E-state index in [1.807, 2.05) is 48.5 Å². The molecule has 0 fully saturated rings. The van der Waals surface area contributed by atoms with Crippen molar-refractivity contribution in [1.29, 1.82) is 0 Å². The molecule has 0 aromatic heterocycles. The number of ether oxygens (including phenoxy) is 1. The van der Waals surface area contributed by atoms with Gasteiger partial charge in [-0.15, -0.1) is 0 Å². The van der Waals surface area contributed by atoms with Gasteiger partial charge in [0.1, 0.15) is 12.6 Å². The number of alkyl halides is 3. The van der Waals surface area contributed by atoms with Crippen molar-refractivity contribution >= 4 is 23.8 Å². The fraction of sp³-hybridized carbons (Fsp3) is 0.300. The summed E-state index contributed by atoms with van der Waals surface area (Å²) in [4.78, 5) is 23.3. The minimum Gasteiger partial charge on any atom is -0.480 e. The minimum atomic E-state index is -4.45. The molecule has 1 aliphatic rings. The molecule has 0 saturated carbocycles. The molecular weight excluding hydrogens is 407 g/mol. The number of rotatable bonds is 7. The highest BCUT2D eigenvalue weighted by Gasteiger charge is 2.31. The monoisotopic (exact) mass is 425 g/mol. The Hall–Kier alpha value is -2.68. The first-order chi connectivity index (χ1) is 13.8. The van der Waals surface area contributed by atoms with E-state index in [4.69, 9.17) is 9.84 Å². The van der Waals surface area contributed by atoms with Crippen LogP contribution in [0.4, 0.5) is 18.0 Å². The zero-order valence-electron chi connectivity index (χ0n) is 15.1. The van der Waals surface area contributed by atoms with Gasteiger partial charge in [0.15, 0.2) is 0 Å². The van der Waals surface area contributed by atoms with Gasteiger partial charge in [0.25, 0.3) is 0 Å². The highest BCUT2D eigenvalue weighted by molar-refractivity contribution is 8.00.